The monoisotopic (exact) mass is 632 g/mol. The molecule has 2 heterocycles. The standard InChI is InChI=1S/C22H26BrN4O11P/c1-22(2,20(30)35-3)25-39(34,38-15-6-4-14(5-7-15)27(32)33)36-12-17-16(28)10-18(37-17)26-11-13(8-9-23)19(29)24-21(26)31/h4-9,11,16-18,28H,10,12H2,1-3H3,(H,25,34)(H,24,29,31)/b9-8+/t16-,17+,18+,39?/m0/s1. The molecule has 3 N–H and O–H groups in total. The van der Waals surface area contributed by atoms with Gasteiger partial charge in [-0.05, 0) is 37.0 Å². The van der Waals surface area contributed by atoms with Crippen LogP contribution in [-0.4, -0.2) is 57.0 Å². The van der Waals surface area contributed by atoms with Gasteiger partial charge in [0.1, 0.15) is 23.6 Å². The molecule has 4 atom stereocenters. The molecule has 17 heteroatoms. The maximum atomic E-state index is 13.7. The van der Waals surface area contributed by atoms with Crippen molar-refractivity contribution in [3.63, 3.8) is 0 Å². The first-order valence-corrected chi connectivity index (χ1v) is 13.8. The molecular formula is C22H26BrN4O11P. The zero-order valence-corrected chi connectivity index (χ0v) is 23.4. The number of nitro benzene ring substituents is 1. The highest BCUT2D eigenvalue weighted by Crippen LogP contribution is 2.47. The molecule has 1 aromatic heterocycles. The van der Waals surface area contributed by atoms with E-state index in [0.29, 0.717) is 0 Å². The lowest BCUT2D eigenvalue weighted by Crippen LogP contribution is -2.47. The van der Waals surface area contributed by atoms with E-state index < -0.39 is 60.5 Å². The van der Waals surface area contributed by atoms with E-state index >= 15 is 0 Å². The van der Waals surface area contributed by atoms with Crippen molar-refractivity contribution >= 4 is 41.4 Å². The fourth-order valence-corrected chi connectivity index (χ4v) is 5.57. The van der Waals surface area contributed by atoms with Crippen LogP contribution in [0.4, 0.5) is 5.69 Å². The topological polar surface area (TPSA) is 201 Å². The summed E-state index contributed by atoms with van der Waals surface area (Å²) >= 11 is 3.06. The normalized spacial score (nSPS) is 21.0. The van der Waals surface area contributed by atoms with Crippen LogP contribution in [0, 0.1) is 10.1 Å². The SMILES string of the molecule is COC(=O)C(C)(C)NP(=O)(OC[C@H]1O[C@@H](n2cc(/C=C/Br)c(=O)[nH]c2=O)C[C@@H]1O)Oc1ccc([N+](=O)[O-])cc1. The third-order valence-electron chi connectivity index (χ3n) is 5.55. The number of nitrogens with one attached hydrogen (secondary N) is 2. The van der Waals surface area contributed by atoms with Crippen LogP contribution in [0.5, 0.6) is 5.75 Å². The van der Waals surface area contributed by atoms with Crippen LogP contribution in [0.25, 0.3) is 6.08 Å². The van der Waals surface area contributed by atoms with Crippen molar-refractivity contribution in [1.82, 2.24) is 14.6 Å². The largest absolute Gasteiger partial charge is 0.468 e. The van der Waals surface area contributed by atoms with Crippen LogP contribution in [0.3, 0.4) is 0 Å². The lowest BCUT2D eigenvalue weighted by Gasteiger charge is -2.29. The number of aromatic nitrogens is 2. The van der Waals surface area contributed by atoms with Gasteiger partial charge in [0.25, 0.3) is 11.2 Å². The lowest BCUT2D eigenvalue weighted by atomic mass is 10.1. The molecule has 0 spiro atoms. The quantitative estimate of drug-likeness (QED) is 0.141. The Kier molecular flexibility index (Phi) is 9.64. The van der Waals surface area contributed by atoms with Gasteiger partial charge in [-0.15, -0.1) is 0 Å². The third kappa shape index (κ3) is 7.50. The summed E-state index contributed by atoms with van der Waals surface area (Å²) < 4.78 is 36.3. The Morgan fingerprint density at radius 1 is 1.38 bits per heavy atom. The van der Waals surface area contributed by atoms with Crippen molar-refractivity contribution in [2.75, 3.05) is 13.7 Å². The minimum absolute atomic E-state index is 0.0635. The number of carbonyl (C=O) groups excluding carboxylic acids is 1. The van der Waals surface area contributed by atoms with Crippen molar-refractivity contribution in [3.05, 3.63) is 72.0 Å². The molecule has 1 fully saturated rings. The van der Waals surface area contributed by atoms with Crippen LogP contribution in [-0.2, 0) is 23.4 Å². The average Bonchev–Trinajstić information content (AvgIpc) is 3.24. The summed E-state index contributed by atoms with van der Waals surface area (Å²) in [6.07, 6.45) is -0.642. The molecule has 0 amide bonds. The number of methoxy groups -OCH3 is 1. The number of nitro groups is 1. The number of ether oxygens (including phenoxy) is 2. The minimum Gasteiger partial charge on any atom is -0.468 e. The van der Waals surface area contributed by atoms with E-state index in [1.807, 2.05) is 0 Å². The fraction of sp³-hybridized carbons (Fsp3) is 0.409. The lowest BCUT2D eigenvalue weighted by molar-refractivity contribution is -0.384. The van der Waals surface area contributed by atoms with Gasteiger partial charge in [-0.3, -0.25) is 33.8 Å². The Morgan fingerprint density at radius 3 is 2.64 bits per heavy atom. The Hall–Kier alpha value is -3.14. The second-order valence-corrected chi connectivity index (χ2v) is 11.0. The van der Waals surface area contributed by atoms with Gasteiger partial charge in [-0.2, -0.15) is 5.09 Å². The van der Waals surface area contributed by atoms with E-state index in [1.165, 1.54) is 43.2 Å². The molecule has 0 bridgehead atoms. The molecule has 2 aromatic rings. The average molecular weight is 633 g/mol. The van der Waals surface area contributed by atoms with Crippen molar-refractivity contribution < 1.29 is 37.9 Å². The fourth-order valence-electron chi connectivity index (χ4n) is 3.60. The predicted molar refractivity (Wildman–Crippen MR) is 140 cm³/mol. The van der Waals surface area contributed by atoms with Gasteiger partial charge in [0.15, 0.2) is 0 Å². The van der Waals surface area contributed by atoms with Crippen LogP contribution in [0.1, 0.15) is 32.1 Å². The highest BCUT2D eigenvalue weighted by Gasteiger charge is 2.43. The maximum Gasteiger partial charge on any atom is 0.459 e. The van der Waals surface area contributed by atoms with Gasteiger partial charge in [0.05, 0.1) is 30.3 Å². The zero-order valence-electron chi connectivity index (χ0n) is 20.9. The number of aliphatic hydroxyl groups excluding tert-OH is 1. The van der Waals surface area contributed by atoms with Gasteiger partial charge >= 0.3 is 19.4 Å². The number of aromatic amines is 1. The Morgan fingerprint density at radius 2 is 2.05 bits per heavy atom. The van der Waals surface area contributed by atoms with Crippen molar-refractivity contribution in [2.45, 2.75) is 44.2 Å². The maximum absolute atomic E-state index is 13.7. The molecule has 15 nitrogen and oxygen atoms in total. The number of hydrogen-bond acceptors (Lipinski definition) is 11. The molecule has 1 aliphatic heterocycles. The first-order chi connectivity index (χ1) is 18.3. The summed E-state index contributed by atoms with van der Waals surface area (Å²) in [6, 6.07) is 4.64. The van der Waals surface area contributed by atoms with Gasteiger partial charge in [0.2, 0.25) is 0 Å². The Balaban J connectivity index is 1.81. The summed E-state index contributed by atoms with van der Waals surface area (Å²) in [4.78, 5) is 50.4. The zero-order chi connectivity index (χ0) is 29.0. The number of rotatable bonds is 11. The number of esters is 1. The minimum atomic E-state index is -4.41. The first kappa shape index (κ1) is 30.4. The number of benzene rings is 1. The summed E-state index contributed by atoms with van der Waals surface area (Å²) in [5.74, 6) is -0.864. The van der Waals surface area contributed by atoms with E-state index in [0.717, 1.165) is 23.8 Å². The molecule has 0 saturated carbocycles. The second kappa shape index (κ2) is 12.4. The van der Waals surface area contributed by atoms with Crippen LogP contribution in [0.2, 0.25) is 0 Å². The van der Waals surface area contributed by atoms with Crippen LogP contribution < -0.4 is 20.9 Å². The van der Waals surface area contributed by atoms with E-state index in [4.69, 9.17) is 18.5 Å². The molecule has 0 radical (unpaired) electrons. The number of nitrogens with zero attached hydrogens (tertiary/aromatic N) is 2. The molecular weight excluding hydrogens is 607 g/mol. The molecule has 39 heavy (non-hydrogen) atoms. The number of H-pyrrole nitrogens is 1. The summed E-state index contributed by atoms with van der Waals surface area (Å²) in [6.45, 7) is 2.22. The van der Waals surface area contributed by atoms with Crippen molar-refractivity contribution in [2.24, 2.45) is 0 Å². The van der Waals surface area contributed by atoms with Gasteiger partial charge < -0.3 is 19.1 Å². The van der Waals surface area contributed by atoms with Crippen LogP contribution >= 0.6 is 23.7 Å². The molecule has 1 unspecified atom stereocenters. The number of halogens is 1. The van der Waals surface area contributed by atoms with Crippen molar-refractivity contribution in [1.29, 1.82) is 0 Å². The highest BCUT2D eigenvalue weighted by molar-refractivity contribution is 9.11. The summed E-state index contributed by atoms with van der Waals surface area (Å²) in [5, 5.41) is 24.0. The number of non-ortho nitro benzene ring substituents is 1. The number of aliphatic hydroxyl groups is 1. The summed E-state index contributed by atoms with van der Waals surface area (Å²) in [7, 11) is -3.28. The van der Waals surface area contributed by atoms with Gasteiger partial charge in [-0.1, -0.05) is 15.9 Å². The van der Waals surface area contributed by atoms with Crippen molar-refractivity contribution in [3.8, 4) is 5.75 Å². The predicted octanol–water partition coefficient (Wildman–Crippen LogP) is 2.20. The first-order valence-electron chi connectivity index (χ1n) is 11.3. The second-order valence-electron chi connectivity index (χ2n) is 8.84. The molecule has 1 saturated heterocycles. The Labute approximate surface area is 229 Å². The number of carbonyl (C=O) groups is 1. The van der Waals surface area contributed by atoms with E-state index in [9.17, 15) is 34.2 Å². The molecule has 1 aromatic carbocycles. The van der Waals surface area contributed by atoms with E-state index in [2.05, 4.69) is 26.0 Å². The number of hydrogen-bond donors (Lipinski definition) is 3. The summed E-state index contributed by atoms with van der Waals surface area (Å²) in [5.41, 5.74) is -3.03. The molecule has 212 valence electrons. The van der Waals surface area contributed by atoms with Gasteiger partial charge in [-0.25, -0.2) is 9.36 Å². The van der Waals surface area contributed by atoms with E-state index in [1.54, 1.807) is 0 Å². The third-order valence-corrected chi connectivity index (χ3v) is 7.58. The Bertz CT molecular complexity index is 1410. The van der Waals surface area contributed by atoms with Crippen LogP contribution in [0.15, 0.2) is 45.0 Å². The smallest absolute Gasteiger partial charge is 0.459 e. The van der Waals surface area contributed by atoms with Gasteiger partial charge in [0, 0.05) is 24.8 Å². The molecule has 0 aliphatic carbocycles. The highest BCUT2D eigenvalue weighted by atomic mass is 79.9. The van der Waals surface area contributed by atoms with E-state index in [-0.39, 0.29) is 23.4 Å². The molecule has 3 rings (SSSR count). The molecule has 1 aliphatic rings.